The minimum atomic E-state index is -0.00423. The summed E-state index contributed by atoms with van der Waals surface area (Å²) < 4.78 is 10.8. The molecule has 29 heavy (non-hydrogen) atoms. The molecule has 0 saturated heterocycles. The number of amidine groups is 2. The third kappa shape index (κ3) is 2.84. The molecular weight excluding hydrogens is 370 g/mol. The van der Waals surface area contributed by atoms with E-state index in [1.165, 1.54) is 0 Å². The van der Waals surface area contributed by atoms with E-state index in [1.54, 1.807) is 26.6 Å². The quantitative estimate of drug-likeness (QED) is 0.678. The number of ketones is 1. The van der Waals surface area contributed by atoms with Crippen LogP contribution < -0.4 is 9.47 Å². The zero-order valence-electron chi connectivity index (χ0n) is 16.1. The average Bonchev–Trinajstić information content (AvgIpc) is 3.42. The van der Waals surface area contributed by atoms with Crippen molar-refractivity contribution in [3.8, 4) is 11.5 Å². The third-order valence-electron chi connectivity index (χ3n) is 5.21. The van der Waals surface area contributed by atoms with Gasteiger partial charge in [0.2, 0.25) is 0 Å². The van der Waals surface area contributed by atoms with Crippen LogP contribution in [0.3, 0.4) is 0 Å². The minimum absolute atomic E-state index is 0.00423. The summed E-state index contributed by atoms with van der Waals surface area (Å²) >= 11 is 0. The lowest BCUT2D eigenvalue weighted by Crippen LogP contribution is -2.38. The number of rotatable bonds is 5. The lowest BCUT2D eigenvalue weighted by atomic mass is 10.0. The van der Waals surface area contributed by atoms with Gasteiger partial charge in [0.25, 0.3) is 0 Å². The number of carbonyl (C=O) groups excluding carboxylic acids is 1. The summed E-state index contributed by atoms with van der Waals surface area (Å²) in [5.41, 5.74) is 3.91. The van der Waals surface area contributed by atoms with Crippen LogP contribution in [0.4, 0.5) is 5.69 Å². The number of nitrogens with one attached hydrogen (secondary N) is 1. The standard InChI is InChI=1S/C21H19N5O3/c1-28-18-8-13-15(9-19(18)29-2)25-20(26-6-5-22-21(13)26)10-17(27)12-3-4-14-16(7-12)24-11-23-14/h3-4,7-9,11H,5-6,10H2,1-2H3,(H,23,24). The van der Waals surface area contributed by atoms with Gasteiger partial charge in [0.05, 0.1) is 50.2 Å². The molecule has 2 aliphatic rings. The Kier molecular flexibility index (Phi) is 4.04. The van der Waals surface area contributed by atoms with Crippen molar-refractivity contribution in [3.63, 3.8) is 0 Å². The second kappa shape index (κ2) is 6.73. The molecule has 0 radical (unpaired) electrons. The van der Waals surface area contributed by atoms with E-state index in [1.807, 2.05) is 29.2 Å². The van der Waals surface area contributed by atoms with Gasteiger partial charge >= 0.3 is 0 Å². The van der Waals surface area contributed by atoms with Crippen LogP contribution in [0.2, 0.25) is 0 Å². The fourth-order valence-corrected chi connectivity index (χ4v) is 3.76. The van der Waals surface area contributed by atoms with E-state index in [0.717, 1.165) is 28.1 Å². The number of aromatic nitrogens is 2. The van der Waals surface area contributed by atoms with Gasteiger partial charge in [-0.15, -0.1) is 0 Å². The highest BCUT2D eigenvalue weighted by Gasteiger charge is 2.31. The summed E-state index contributed by atoms with van der Waals surface area (Å²) in [6.45, 7) is 1.37. The Morgan fingerprint density at radius 3 is 2.83 bits per heavy atom. The van der Waals surface area contributed by atoms with Gasteiger partial charge in [0.1, 0.15) is 11.7 Å². The Morgan fingerprint density at radius 1 is 1.17 bits per heavy atom. The predicted octanol–water partition coefficient (Wildman–Crippen LogP) is 2.96. The van der Waals surface area contributed by atoms with Crippen LogP contribution in [0, 0.1) is 0 Å². The van der Waals surface area contributed by atoms with E-state index in [-0.39, 0.29) is 12.2 Å². The maximum Gasteiger partial charge on any atom is 0.170 e. The maximum absolute atomic E-state index is 13.0. The normalized spacial score (nSPS) is 14.9. The van der Waals surface area contributed by atoms with Crippen molar-refractivity contribution in [3.05, 3.63) is 47.8 Å². The van der Waals surface area contributed by atoms with Crippen molar-refractivity contribution >= 4 is 34.2 Å². The number of hydrogen-bond acceptors (Lipinski definition) is 7. The largest absolute Gasteiger partial charge is 0.493 e. The number of imidazole rings is 1. The van der Waals surface area contributed by atoms with Gasteiger partial charge in [-0.05, 0) is 24.3 Å². The maximum atomic E-state index is 13.0. The average molecular weight is 389 g/mol. The molecule has 0 spiro atoms. The minimum Gasteiger partial charge on any atom is -0.493 e. The Balaban J connectivity index is 1.52. The third-order valence-corrected chi connectivity index (χ3v) is 5.21. The molecule has 0 fully saturated rings. The zero-order chi connectivity index (χ0) is 20.0. The van der Waals surface area contributed by atoms with Crippen LogP contribution in [-0.4, -0.2) is 59.6 Å². The zero-order valence-corrected chi connectivity index (χ0v) is 16.1. The Labute approximate surface area is 166 Å². The molecular formula is C21H19N5O3. The van der Waals surface area contributed by atoms with Crippen molar-refractivity contribution in [1.82, 2.24) is 14.9 Å². The Morgan fingerprint density at radius 2 is 2.00 bits per heavy atom. The summed E-state index contributed by atoms with van der Waals surface area (Å²) in [5.74, 6) is 2.73. The number of ether oxygens (including phenoxy) is 2. The summed E-state index contributed by atoms with van der Waals surface area (Å²) in [7, 11) is 3.19. The van der Waals surface area contributed by atoms with Gasteiger partial charge in [-0.3, -0.25) is 9.79 Å². The number of methoxy groups -OCH3 is 2. The molecule has 1 N–H and O–H groups in total. The summed E-state index contributed by atoms with van der Waals surface area (Å²) in [6, 6.07) is 9.19. The van der Waals surface area contributed by atoms with Crippen LogP contribution >= 0.6 is 0 Å². The van der Waals surface area contributed by atoms with Crippen molar-refractivity contribution in [2.75, 3.05) is 27.3 Å². The summed E-state index contributed by atoms with van der Waals surface area (Å²) in [5, 5.41) is 0. The first kappa shape index (κ1) is 17.4. The highest BCUT2D eigenvalue weighted by Crippen LogP contribution is 2.38. The predicted molar refractivity (Wildman–Crippen MR) is 110 cm³/mol. The van der Waals surface area contributed by atoms with Crippen molar-refractivity contribution in [1.29, 1.82) is 0 Å². The number of aromatic amines is 1. The number of aliphatic imine (C=N–C) groups is 2. The molecule has 8 heteroatoms. The second-order valence-corrected chi connectivity index (χ2v) is 6.84. The number of H-pyrrole nitrogens is 1. The van der Waals surface area contributed by atoms with Gasteiger partial charge in [-0.25, -0.2) is 9.98 Å². The van der Waals surface area contributed by atoms with Crippen molar-refractivity contribution in [2.45, 2.75) is 6.42 Å². The van der Waals surface area contributed by atoms with Crippen molar-refractivity contribution < 1.29 is 14.3 Å². The highest BCUT2D eigenvalue weighted by atomic mass is 16.5. The molecule has 0 bridgehead atoms. The van der Waals surface area contributed by atoms with E-state index in [9.17, 15) is 4.79 Å². The molecule has 0 saturated carbocycles. The van der Waals surface area contributed by atoms with E-state index in [2.05, 4.69) is 15.0 Å². The van der Waals surface area contributed by atoms with E-state index in [0.29, 0.717) is 36.0 Å². The molecule has 146 valence electrons. The molecule has 0 atom stereocenters. The van der Waals surface area contributed by atoms with Crippen LogP contribution in [-0.2, 0) is 0 Å². The number of fused-ring (bicyclic) bond motifs is 4. The molecule has 2 aromatic carbocycles. The fraction of sp³-hybridized carbons (Fsp3) is 0.238. The molecule has 8 nitrogen and oxygen atoms in total. The van der Waals surface area contributed by atoms with E-state index >= 15 is 0 Å². The number of hydrogen-bond donors (Lipinski definition) is 1. The first-order chi connectivity index (χ1) is 14.2. The molecule has 0 unspecified atom stereocenters. The molecule has 0 aliphatic carbocycles. The molecule has 1 aromatic heterocycles. The van der Waals surface area contributed by atoms with Crippen LogP contribution in [0.1, 0.15) is 22.3 Å². The second-order valence-electron chi connectivity index (χ2n) is 6.84. The van der Waals surface area contributed by atoms with Gasteiger partial charge in [-0.1, -0.05) is 0 Å². The van der Waals surface area contributed by atoms with Crippen LogP contribution in [0.15, 0.2) is 46.6 Å². The van der Waals surface area contributed by atoms with Gasteiger partial charge in [0, 0.05) is 23.7 Å². The molecule has 0 amide bonds. The molecule has 3 heterocycles. The fourth-order valence-electron chi connectivity index (χ4n) is 3.76. The first-order valence-corrected chi connectivity index (χ1v) is 9.30. The Hall–Kier alpha value is -3.68. The Bertz CT molecular complexity index is 1190. The number of nitrogens with zero attached hydrogens (tertiary/aromatic N) is 4. The summed E-state index contributed by atoms with van der Waals surface area (Å²) in [4.78, 5) is 31.6. The van der Waals surface area contributed by atoms with E-state index < -0.39 is 0 Å². The van der Waals surface area contributed by atoms with Crippen molar-refractivity contribution in [2.24, 2.45) is 9.98 Å². The lowest BCUT2D eigenvalue weighted by molar-refractivity contribution is 0.0998. The molecule has 2 aliphatic heterocycles. The van der Waals surface area contributed by atoms with Gasteiger partial charge < -0.3 is 19.4 Å². The lowest BCUT2D eigenvalue weighted by Gasteiger charge is -2.28. The monoisotopic (exact) mass is 389 g/mol. The molecule has 3 aromatic rings. The first-order valence-electron chi connectivity index (χ1n) is 9.30. The SMILES string of the molecule is COc1cc2c(cc1OC)C1=NCCN1C(CC(=O)c1ccc3nc[nH]c3c1)=N2. The smallest absolute Gasteiger partial charge is 0.170 e. The number of carbonyl (C=O) groups is 1. The molecule has 5 rings (SSSR count). The van der Waals surface area contributed by atoms with Gasteiger partial charge in [0.15, 0.2) is 17.3 Å². The van der Waals surface area contributed by atoms with Gasteiger partial charge in [-0.2, -0.15) is 0 Å². The summed E-state index contributed by atoms with van der Waals surface area (Å²) in [6.07, 6.45) is 1.81. The highest BCUT2D eigenvalue weighted by molar-refractivity contribution is 6.21. The van der Waals surface area contributed by atoms with Crippen LogP contribution in [0.5, 0.6) is 11.5 Å². The number of Topliss-reactive ketones (excluding diaryl/α,β-unsaturated/α-hetero) is 1. The van der Waals surface area contributed by atoms with E-state index in [4.69, 9.17) is 14.5 Å². The number of benzene rings is 2. The topological polar surface area (TPSA) is 92.2 Å². The van der Waals surface area contributed by atoms with Crippen LogP contribution in [0.25, 0.3) is 11.0 Å².